The predicted molar refractivity (Wildman–Crippen MR) is 104 cm³/mol. The van der Waals surface area contributed by atoms with Crippen molar-refractivity contribution in [2.24, 2.45) is 5.10 Å². The molecule has 0 saturated carbocycles. The molecule has 2 aromatic rings. The number of benzene rings is 2. The molecule has 0 N–H and O–H groups in total. The molecule has 0 radical (unpaired) electrons. The van der Waals surface area contributed by atoms with Gasteiger partial charge in [-0.2, -0.15) is 5.10 Å². The predicted octanol–water partition coefficient (Wildman–Crippen LogP) is 4.41. The fraction of sp³-hybridized carbons (Fsp3) is 0.409. The van der Waals surface area contributed by atoms with Gasteiger partial charge in [0, 0.05) is 25.2 Å². The van der Waals surface area contributed by atoms with Gasteiger partial charge in [-0.15, -0.1) is 0 Å². The highest BCUT2D eigenvalue weighted by atomic mass is 16.7. The van der Waals surface area contributed by atoms with E-state index in [2.05, 4.69) is 53.4 Å². The fourth-order valence-electron chi connectivity index (χ4n) is 3.73. The minimum Gasteiger partial charge on any atom is -0.454 e. The summed E-state index contributed by atoms with van der Waals surface area (Å²) in [5.74, 6) is 1.71. The van der Waals surface area contributed by atoms with Crippen LogP contribution in [0.5, 0.6) is 11.5 Å². The van der Waals surface area contributed by atoms with E-state index in [0.29, 0.717) is 12.8 Å². The normalized spacial score (nSPS) is 16.3. The zero-order chi connectivity index (χ0) is 17.8. The van der Waals surface area contributed by atoms with Gasteiger partial charge < -0.3 is 9.47 Å². The monoisotopic (exact) mass is 350 g/mol. The SMILES string of the molecule is CC(CCCc1ccccc1Cc1ccc2c(c1)OCO2)N1CCC=N1. The van der Waals surface area contributed by atoms with E-state index in [-0.39, 0.29) is 0 Å². The summed E-state index contributed by atoms with van der Waals surface area (Å²) in [5.41, 5.74) is 4.11. The lowest BCUT2D eigenvalue weighted by Gasteiger charge is -2.22. The lowest BCUT2D eigenvalue weighted by atomic mass is 9.95. The third-order valence-electron chi connectivity index (χ3n) is 5.24. The molecule has 0 bridgehead atoms. The largest absolute Gasteiger partial charge is 0.454 e. The minimum atomic E-state index is 0.328. The Labute approximate surface area is 155 Å². The third kappa shape index (κ3) is 3.85. The molecule has 0 amide bonds. The highest BCUT2D eigenvalue weighted by molar-refractivity contribution is 5.58. The molecule has 2 aliphatic rings. The molecular formula is C22H26N2O2. The molecule has 0 spiro atoms. The van der Waals surface area contributed by atoms with Crippen molar-refractivity contribution in [2.75, 3.05) is 13.3 Å². The van der Waals surface area contributed by atoms with Crippen LogP contribution in [0.3, 0.4) is 0 Å². The Kier molecular flexibility index (Phi) is 5.09. The number of hydrazone groups is 1. The van der Waals surface area contributed by atoms with Crippen LogP contribution < -0.4 is 9.47 Å². The van der Waals surface area contributed by atoms with Gasteiger partial charge in [0.05, 0.1) is 0 Å². The van der Waals surface area contributed by atoms with Crippen LogP contribution in [0.4, 0.5) is 0 Å². The summed E-state index contributed by atoms with van der Waals surface area (Å²) in [7, 11) is 0. The van der Waals surface area contributed by atoms with Crippen molar-refractivity contribution in [3.63, 3.8) is 0 Å². The van der Waals surface area contributed by atoms with E-state index >= 15 is 0 Å². The van der Waals surface area contributed by atoms with Crippen molar-refractivity contribution in [1.82, 2.24) is 5.01 Å². The first-order valence-corrected chi connectivity index (χ1v) is 9.54. The average Bonchev–Trinajstić information content (AvgIpc) is 3.34. The molecule has 2 aromatic carbocycles. The van der Waals surface area contributed by atoms with Crippen molar-refractivity contribution in [3.8, 4) is 11.5 Å². The topological polar surface area (TPSA) is 34.1 Å². The van der Waals surface area contributed by atoms with Crippen LogP contribution >= 0.6 is 0 Å². The molecule has 0 fully saturated rings. The molecule has 2 heterocycles. The Morgan fingerprint density at radius 2 is 1.92 bits per heavy atom. The molecule has 0 saturated heterocycles. The first-order chi connectivity index (χ1) is 12.8. The first kappa shape index (κ1) is 17.0. The molecular weight excluding hydrogens is 324 g/mol. The summed E-state index contributed by atoms with van der Waals surface area (Å²) in [6.45, 7) is 3.68. The van der Waals surface area contributed by atoms with Crippen molar-refractivity contribution >= 4 is 6.21 Å². The number of nitrogens with zero attached hydrogens (tertiary/aromatic N) is 2. The minimum absolute atomic E-state index is 0.328. The van der Waals surface area contributed by atoms with Gasteiger partial charge in [0.15, 0.2) is 11.5 Å². The summed E-state index contributed by atoms with van der Waals surface area (Å²) in [5, 5.41) is 6.67. The van der Waals surface area contributed by atoms with Gasteiger partial charge in [-0.25, -0.2) is 0 Å². The van der Waals surface area contributed by atoms with Crippen LogP contribution in [-0.2, 0) is 12.8 Å². The Bertz CT molecular complexity index is 787. The van der Waals surface area contributed by atoms with Crippen LogP contribution in [0.15, 0.2) is 47.6 Å². The molecule has 4 nitrogen and oxygen atoms in total. The van der Waals surface area contributed by atoms with Gasteiger partial charge in [-0.05, 0) is 61.4 Å². The smallest absolute Gasteiger partial charge is 0.231 e. The molecule has 1 atom stereocenters. The van der Waals surface area contributed by atoms with Gasteiger partial charge in [-0.1, -0.05) is 30.3 Å². The molecule has 0 aromatic heterocycles. The Hall–Kier alpha value is -2.49. The van der Waals surface area contributed by atoms with Crippen LogP contribution in [-0.4, -0.2) is 30.6 Å². The van der Waals surface area contributed by atoms with Crippen molar-refractivity contribution in [3.05, 3.63) is 59.2 Å². The van der Waals surface area contributed by atoms with Gasteiger partial charge in [-0.3, -0.25) is 5.01 Å². The number of hydrogen-bond acceptors (Lipinski definition) is 4. The summed E-state index contributed by atoms with van der Waals surface area (Å²) in [6.07, 6.45) is 7.52. The van der Waals surface area contributed by atoms with E-state index in [1.165, 1.54) is 29.5 Å². The molecule has 4 rings (SSSR count). The van der Waals surface area contributed by atoms with Crippen LogP contribution in [0.1, 0.15) is 42.9 Å². The lowest BCUT2D eigenvalue weighted by molar-refractivity contribution is 0.174. The zero-order valence-corrected chi connectivity index (χ0v) is 15.4. The molecule has 0 aliphatic carbocycles. The van der Waals surface area contributed by atoms with Crippen LogP contribution in [0.25, 0.3) is 0 Å². The number of aryl methyl sites for hydroxylation is 1. The van der Waals surface area contributed by atoms with Crippen molar-refractivity contribution in [2.45, 2.75) is 45.1 Å². The summed E-state index contributed by atoms with van der Waals surface area (Å²) in [6, 6.07) is 15.6. The maximum absolute atomic E-state index is 5.51. The molecule has 2 aliphatic heterocycles. The third-order valence-corrected chi connectivity index (χ3v) is 5.24. The van der Waals surface area contributed by atoms with Crippen LogP contribution in [0.2, 0.25) is 0 Å². The molecule has 136 valence electrons. The second-order valence-electron chi connectivity index (χ2n) is 7.12. The summed E-state index contributed by atoms with van der Waals surface area (Å²) < 4.78 is 10.9. The van der Waals surface area contributed by atoms with Gasteiger partial charge in [0.2, 0.25) is 6.79 Å². The molecule has 26 heavy (non-hydrogen) atoms. The van der Waals surface area contributed by atoms with Crippen molar-refractivity contribution in [1.29, 1.82) is 0 Å². The Morgan fingerprint density at radius 3 is 2.77 bits per heavy atom. The molecule has 1 unspecified atom stereocenters. The Morgan fingerprint density at radius 1 is 1.08 bits per heavy atom. The maximum atomic E-state index is 5.51. The van der Waals surface area contributed by atoms with E-state index in [0.717, 1.165) is 37.3 Å². The summed E-state index contributed by atoms with van der Waals surface area (Å²) in [4.78, 5) is 0. The number of ether oxygens (including phenoxy) is 2. The Balaban J connectivity index is 1.38. The van der Waals surface area contributed by atoms with Gasteiger partial charge in [0.25, 0.3) is 0 Å². The molecule has 4 heteroatoms. The fourth-order valence-corrected chi connectivity index (χ4v) is 3.73. The van der Waals surface area contributed by atoms with Crippen LogP contribution in [0, 0.1) is 0 Å². The van der Waals surface area contributed by atoms with E-state index in [1.807, 2.05) is 12.3 Å². The zero-order valence-electron chi connectivity index (χ0n) is 15.4. The second-order valence-corrected chi connectivity index (χ2v) is 7.12. The van der Waals surface area contributed by atoms with E-state index in [1.54, 1.807) is 0 Å². The summed E-state index contributed by atoms with van der Waals surface area (Å²) >= 11 is 0. The second kappa shape index (κ2) is 7.81. The highest BCUT2D eigenvalue weighted by Gasteiger charge is 2.15. The maximum Gasteiger partial charge on any atom is 0.231 e. The standard InChI is InChI=1S/C22H26N2O2/c1-17(24-13-5-12-23-24)6-4-9-19-7-2-3-8-20(19)14-18-10-11-21-22(15-18)26-16-25-21/h2-3,7-8,10-12,15,17H,4-6,9,13-14,16H2,1H3. The van der Waals surface area contributed by atoms with E-state index in [4.69, 9.17) is 9.47 Å². The average molecular weight is 350 g/mol. The van der Waals surface area contributed by atoms with Gasteiger partial charge in [0.1, 0.15) is 0 Å². The number of hydrogen-bond donors (Lipinski definition) is 0. The van der Waals surface area contributed by atoms with E-state index < -0.39 is 0 Å². The lowest BCUT2D eigenvalue weighted by Crippen LogP contribution is -2.26. The van der Waals surface area contributed by atoms with E-state index in [9.17, 15) is 0 Å². The quantitative estimate of drug-likeness (QED) is 0.742. The number of fused-ring (bicyclic) bond motifs is 1. The van der Waals surface area contributed by atoms with Crippen molar-refractivity contribution < 1.29 is 9.47 Å². The number of rotatable bonds is 7. The first-order valence-electron chi connectivity index (χ1n) is 9.54. The highest BCUT2D eigenvalue weighted by Crippen LogP contribution is 2.33. The van der Waals surface area contributed by atoms with Gasteiger partial charge >= 0.3 is 0 Å².